The molecule has 1 saturated heterocycles. The molecule has 0 radical (unpaired) electrons. The van der Waals surface area contributed by atoms with Gasteiger partial charge in [-0.1, -0.05) is 0 Å². The third-order valence-electron chi connectivity index (χ3n) is 3.30. The van der Waals surface area contributed by atoms with Gasteiger partial charge < -0.3 is 14.4 Å². The quantitative estimate of drug-likeness (QED) is 0.932. The summed E-state index contributed by atoms with van der Waals surface area (Å²) in [5, 5.41) is 11.7. The van der Waals surface area contributed by atoms with Gasteiger partial charge in [0.15, 0.2) is 10.8 Å². The van der Waals surface area contributed by atoms with Crippen LogP contribution < -0.4 is 0 Å². The van der Waals surface area contributed by atoms with Crippen LogP contribution in [0.3, 0.4) is 0 Å². The Bertz CT molecular complexity index is 564. The molecule has 1 atom stereocenters. The molecule has 3 rings (SSSR count). The van der Waals surface area contributed by atoms with E-state index in [9.17, 15) is 9.90 Å². The van der Waals surface area contributed by atoms with Gasteiger partial charge in [-0.3, -0.25) is 4.79 Å². The molecule has 0 unspecified atom stereocenters. The fraction of sp³-hybridized carbons (Fsp3) is 0.385. The van der Waals surface area contributed by atoms with Crippen molar-refractivity contribution in [3.05, 3.63) is 29.5 Å². The number of rotatable bonds is 3. The van der Waals surface area contributed by atoms with Gasteiger partial charge in [-0.05, 0) is 25.0 Å². The largest absolute Gasteiger partial charge is 0.462 e. The molecular weight excluding hydrogens is 264 g/mol. The molecule has 19 heavy (non-hydrogen) atoms. The second kappa shape index (κ2) is 5.14. The first-order chi connectivity index (χ1) is 9.29. The van der Waals surface area contributed by atoms with E-state index in [1.165, 1.54) is 11.3 Å². The van der Waals surface area contributed by atoms with E-state index in [0.717, 1.165) is 12.8 Å². The molecule has 0 saturated carbocycles. The number of aliphatic hydroxyl groups is 1. The maximum atomic E-state index is 12.3. The standard InChI is InChI=1S/C13H14N2O3S/c16-7-9-3-1-5-15(9)13(17)10-8-19-12(14-10)11-4-2-6-18-11/h2,4,6,8-9,16H,1,3,5,7H2/t9-/m0/s1. The number of carbonyl (C=O) groups is 1. The summed E-state index contributed by atoms with van der Waals surface area (Å²) < 4.78 is 5.26. The Kier molecular flexibility index (Phi) is 3.35. The Hall–Kier alpha value is -1.66. The number of aliphatic hydroxyl groups excluding tert-OH is 1. The molecule has 3 heterocycles. The zero-order chi connectivity index (χ0) is 13.2. The Morgan fingerprint density at radius 3 is 3.26 bits per heavy atom. The number of likely N-dealkylation sites (tertiary alicyclic amines) is 1. The molecule has 1 aliphatic rings. The topological polar surface area (TPSA) is 66.6 Å². The Morgan fingerprint density at radius 2 is 2.53 bits per heavy atom. The summed E-state index contributed by atoms with van der Waals surface area (Å²) in [6.45, 7) is 0.707. The number of furan rings is 1. The molecule has 1 N–H and O–H groups in total. The van der Waals surface area contributed by atoms with Crippen molar-refractivity contribution in [1.29, 1.82) is 0 Å². The summed E-state index contributed by atoms with van der Waals surface area (Å²) >= 11 is 1.39. The van der Waals surface area contributed by atoms with Crippen LogP contribution in [0, 0.1) is 0 Å². The minimum Gasteiger partial charge on any atom is -0.462 e. The molecule has 1 fully saturated rings. The van der Waals surface area contributed by atoms with Crippen molar-refractivity contribution in [2.24, 2.45) is 0 Å². The van der Waals surface area contributed by atoms with Gasteiger partial charge in [-0.2, -0.15) is 0 Å². The third kappa shape index (κ3) is 2.29. The zero-order valence-corrected chi connectivity index (χ0v) is 11.1. The van der Waals surface area contributed by atoms with Crippen LogP contribution in [-0.4, -0.2) is 40.1 Å². The van der Waals surface area contributed by atoms with Crippen LogP contribution in [0.5, 0.6) is 0 Å². The van der Waals surface area contributed by atoms with Crippen molar-refractivity contribution in [2.45, 2.75) is 18.9 Å². The second-order valence-corrected chi connectivity index (χ2v) is 5.35. The lowest BCUT2D eigenvalue weighted by molar-refractivity contribution is 0.0672. The lowest BCUT2D eigenvalue weighted by atomic mass is 10.2. The monoisotopic (exact) mass is 278 g/mol. The van der Waals surface area contributed by atoms with E-state index in [4.69, 9.17) is 4.42 Å². The Labute approximate surface area is 114 Å². The number of carbonyl (C=O) groups excluding carboxylic acids is 1. The van der Waals surface area contributed by atoms with E-state index < -0.39 is 0 Å². The van der Waals surface area contributed by atoms with Crippen molar-refractivity contribution in [3.8, 4) is 10.8 Å². The summed E-state index contributed by atoms with van der Waals surface area (Å²) in [5.41, 5.74) is 0.428. The molecule has 1 aliphatic heterocycles. The predicted octanol–water partition coefficient (Wildman–Crippen LogP) is 2.00. The lowest BCUT2D eigenvalue weighted by Gasteiger charge is -2.21. The first-order valence-corrected chi connectivity index (χ1v) is 7.09. The zero-order valence-electron chi connectivity index (χ0n) is 10.3. The molecule has 0 bridgehead atoms. The van der Waals surface area contributed by atoms with E-state index in [1.54, 1.807) is 22.6 Å². The first kappa shape index (κ1) is 12.4. The van der Waals surface area contributed by atoms with Gasteiger partial charge in [0.1, 0.15) is 5.69 Å². The molecule has 0 spiro atoms. The SMILES string of the molecule is O=C(c1csc(-c2ccco2)n1)N1CCC[C@H]1CO. The van der Waals surface area contributed by atoms with E-state index in [2.05, 4.69) is 4.98 Å². The molecular formula is C13H14N2O3S. The number of hydrogen-bond donors (Lipinski definition) is 1. The highest BCUT2D eigenvalue weighted by Crippen LogP contribution is 2.26. The minimum absolute atomic E-state index is 0.0148. The first-order valence-electron chi connectivity index (χ1n) is 6.21. The minimum atomic E-state index is -0.106. The number of nitrogens with zero attached hydrogens (tertiary/aromatic N) is 2. The lowest BCUT2D eigenvalue weighted by Crippen LogP contribution is -2.37. The summed E-state index contributed by atoms with van der Waals surface area (Å²) in [4.78, 5) is 18.4. The summed E-state index contributed by atoms with van der Waals surface area (Å²) in [6.07, 6.45) is 3.38. The number of hydrogen-bond acceptors (Lipinski definition) is 5. The van der Waals surface area contributed by atoms with Crippen LogP contribution in [0.15, 0.2) is 28.2 Å². The van der Waals surface area contributed by atoms with Crippen molar-refractivity contribution in [2.75, 3.05) is 13.2 Å². The van der Waals surface area contributed by atoms with Gasteiger partial charge in [-0.15, -0.1) is 11.3 Å². The fourth-order valence-corrected chi connectivity index (χ4v) is 3.09. The molecule has 5 nitrogen and oxygen atoms in total. The van der Waals surface area contributed by atoms with Crippen LogP contribution in [-0.2, 0) is 0 Å². The van der Waals surface area contributed by atoms with Gasteiger partial charge in [0.2, 0.25) is 0 Å². The van der Waals surface area contributed by atoms with Gasteiger partial charge in [0, 0.05) is 11.9 Å². The number of thiazole rings is 1. The smallest absolute Gasteiger partial charge is 0.273 e. The number of aromatic nitrogens is 1. The molecule has 100 valence electrons. The van der Waals surface area contributed by atoms with Gasteiger partial charge >= 0.3 is 0 Å². The van der Waals surface area contributed by atoms with E-state index >= 15 is 0 Å². The molecule has 1 amide bonds. The average molecular weight is 278 g/mol. The van der Waals surface area contributed by atoms with Crippen molar-refractivity contribution in [3.63, 3.8) is 0 Å². The summed E-state index contributed by atoms with van der Waals surface area (Å²) in [6, 6.07) is 3.54. The summed E-state index contributed by atoms with van der Waals surface area (Å²) in [5.74, 6) is 0.565. The molecule has 6 heteroatoms. The van der Waals surface area contributed by atoms with Crippen LogP contribution >= 0.6 is 11.3 Å². The van der Waals surface area contributed by atoms with Crippen LogP contribution in [0.4, 0.5) is 0 Å². The highest BCUT2D eigenvalue weighted by atomic mass is 32.1. The molecule has 0 aromatic carbocycles. The highest BCUT2D eigenvalue weighted by Gasteiger charge is 2.30. The van der Waals surface area contributed by atoms with E-state index in [-0.39, 0.29) is 18.6 Å². The van der Waals surface area contributed by atoms with Crippen molar-refractivity contribution >= 4 is 17.2 Å². The fourth-order valence-electron chi connectivity index (χ4n) is 2.33. The van der Waals surface area contributed by atoms with E-state index in [1.807, 2.05) is 6.07 Å². The average Bonchev–Trinajstić information content (AvgIpc) is 3.16. The Morgan fingerprint density at radius 1 is 1.63 bits per heavy atom. The molecule has 2 aromatic rings. The highest BCUT2D eigenvalue weighted by molar-refractivity contribution is 7.13. The van der Waals surface area contributed by atoms with Crippen LogP contribution in [0.25, 0.3) is 10.8 Å². The maximum absolute atomic E-state index is 12.3. The van der Waals surface area contributed by atoms with Gasteiger partial charge in [0.05, 0.1) is 18.9 Å². The summed E-state index contributed by atoms with van der Waals surface area (Å²) in [7, 11) is 0. The maximum Gasteiger partial charge on any atom is 0.273 e. The molecule has 0 aliphatic carbocycles. The predicted molar refractivity (Wildman–Crippen MR) is 71.0 cm³/mol. The third-order valence-corrected chi connectivity index (χ3v) is 4.16. The number of amides is 1. The second-order valence-electron chi connectivity index (χ2n) is 4.49. The normalized spacial score (nSPS) is 19.0. The van der Waals surface area contributed by atoms with E-state index in [0.29, 0.717) is 23.0 Å². The van der Waals surface area contributed by atoms with Crippen molar-refractivity contribution in [1.82, 2.24) is 9.88 Å². The molecule has 2 aromatic heterocycles. The van der Waals surface area contributed by atoms with Gasteiger partial charge in [0.25, 0.3) is 5.91 Å². The van der Waals surface area contributed by atoms with Crippen LogP contribution in [0.2, 0.25) is 0 Å². The van der Waals surface area contributed by atoms with Gasteiger partial charge in [-0.25, -0.2) is 4.98 Å². The Balaban J connectivity index is 1.81. The van der Waals surface area contributed by atoms with Crippen molar-refractivity contribution < 1.29 is 14.3 Å². The van der Waals surface area contributed by atoms with Crippen LogP contribution in [0.1, 0.15) is 23.3 Å².